The number of aliphatic hydroxyl groups is 1. The summed E-state index contributed by atoms with van der Waals surface area (Å²) in [6.07, 6.45) is 2.58. The largest absolute Gasteiger partial charge is 0.396 e. The number of nitrogens with zero attached hydrogens (tertiary/aromatic N) is 4. The van der Waals surface area contributed by atoms with E-state index in [0.717, 1.165) is 67.4 Å². The molecule has 1 aromatic carbocycles. The van der Waals surface area contributed by atoms with E-state index in [1.54, 1.807) is 12.1 Å². The van der Waals surface area contributed by atoms with Gasteiger partial charge in [0, 0.05) is 62.2 Å². The molecule has 0 amide bonds. The number of aromatic amines is 1. The van der Waals surface area contributed by atoms with Crippen LogP contribution in [0.25, 0.3) is 11.3 Å². The van der Waals surface area contributed by atoms with Gasteiger partial charge in [0.15, 0.2) is 0 Å². The van der Waals surface area contributed by atoms with Crippen molar-refractivity contribution < 1.29 is 9.50 Å². The second-order valence-electron chi connectivity index (χ2n) is 7.92. The van der Waals surface area contributed by atoms with Gasteiger partial charge < -0.3 is 5.11 Å². The van der Waals surface area contributed by atoms with Gasteiger partial charge in [0.1, 0.15) is 5.82 Å². The topological polar surface area (TPSA) is 68.3 Å². The number of aliphatic hydroxyl groups excluding tert-OH is 1. The Kier molecular flexibility index (Phi) is 6.52. The van der Waals surface area contributed by atoms with Crippen LogP contribution in [-0.2, 0) is 13.1 Å². The predicted octanol–water partition coefficient (Wildman–Crippen LogP) is 2.99. The average molecular weight is 410 g/mol. The van der Waals surface area contributed by atoms with Gasteiger partial charge in [-0.15, -0.1) is 0 Å². The van der Waals surface area contributed by atoms with Crippen LogP contribution in [0.1, 0.15) is 23.4 Å². The Morgan fingerprint density at radius 1 is 1.13 bits per heavy atom. The fourth-order valence-electron chi connectivity index (χ4n) is 4.17. The standard InChI is InChI=1S/C23H28FN5O/c1-17-3-2-4-21(26-17)15-29-11-10-28(16-22(29)9-12-30)14-19-13-25-27-23(19)18-5-7-20(24)8-6-18/h2-8,13,22,30H,9-12,14-16H2,1H3,(H,25,27)/t22-/m0/s1. The summed E-state index contributed by atoms with van der Waals surface area (Å²) in [4.78, 5) is 9.46. The highest BCUT2D eigenvalue weighted by Crippen LogP contribution is 2.24. The van der Waals surface area contributed by atoms with E-state index in [2.05, 4.69) is 31.0 Å². The highest BCUT2D eigenvalue weighted by molar-refractivity contribution is 5.62. The van der Waals surface area contributed by atoms with Gasteiger partial charge in [-0.3, -0.25) is 19.9 Å². The minimum atomic E-state index is -0.245. The molecular formula is C23H28FN5O. The smallest absolute Gasteiger partial charge is 0.123 e. The number of hydrogen-bond donors (Lipinski definition) is 2. The molecule has 30 heavy (non-hydrogen) atoms. The van der Waals surface area contributed by atoms with E-state index in [-0.39, 0.29) is 18.5 Å². The van der Waals surface area contributed by atoms with Crippen LogP contribution in [0.15, 0.2) is 48.7 Å². The van der Waals surface area contributed by atoms with Gasteiger partial charge in [-0.05, 0) is 49.7 Å². The summed E-state index contributed by atoms with van der Waals surface area (Å²) in [5, 5.41) is 16.9. The lowest BCUT2D eigenvalue weighted by atomic mass is 10.1. The van der Waals surface area contributed by atoms with Crippen LogP contribution in [0.5, 0.6) is 0 Å². The lowest BCUT2D eigenvalue weighted by Crippen LogP contribution is -2.52. The molecule has 3 aromatic rings. The molecule has 0 unspecified atom stereocenters. The molecule has 158 valence electrons. The first-order valence-electron chi connectivity index (χ1n) is 10.4. The molecule has 1 aliphatic heterocycles. The highest BCUT2D eigenvalue weighted by Gasteiger charge is 2.27. The van der Waals surface area contributed by atoms with E-state index in [1.807, 2.05) is 25.3 Å². The summed E-state index contributed by atoms with van der Waals surface area (Å²) >= 11 is 0. The van der Waals surface area contributed by atoms with Crippen LogP contribution in [0.4, 0.5) is 4.39 Å². The van der Waals surface area contributed by atoms with Crippen LogP contribution in [-0.4, -0.2) is 62.4 Å². The Morgan fingerprint density at radius 3 is 2.73 bits per heavy atom. The lowest BCUT2D eigenvalue weighted by Gasteiger charge is -2.41. The SMILES string of the molecule is Cc1cccc(CN2CCN(Cc3cn[nH]c3-c3ccc(F)cc3)C[C@@H]2CCO)n1. The molecule has 0 saturated carbocycles. The summed E-state index contributed by atoms with van der Waals surface area (Å²) in [6.45, 7) is 6.47. The maximum Gasteiger partial charge on any atom is 0.123 e. The number of rotatable bonds is 7. The molecule has 0 bridgehead atoms. The molecule has 1 atom stereocenters. The first kappa shape index (κ1) is 20.7. The number of hydrogen-bond acceptors (Lipinski definition) is 5. The van der Waals surface area contributed by atoms with Crippen molar-refractivity contribution >= 4 is 0 Å². The number of halogens is 1. The van der Waals surface area contributed by atoms with Gasteiger partial charge in [-0.25, -0.2) is 4.39 Å². The number of aromatic nitrogens is 3. The summed E-state index contributed by atoms with van der Waals surface area (Å²) < 4.78 is 13.3. The van der Waals surface area contributed by atoms with Crippen LogP contribution in [0.2, 0.25) is 0 Å². The second kappa shape index (κ2) is 9.47. The Morgan fingerprint density at radius 2 is 1.97 bits per heavy atom. The number of nitrogens with one attached hydrogen (secondary N) is 1. The molecule has 3 heterocycles. The number of benzene rings is 1. The van der Waals surface area contributed by atoms with Crippen molar-refractivity contribution in [3.8, 4) is 11.3 Å². The van der Waals surface area contributed by atoms with Crippen molar-refractivity contribution in [2.24, 2.45) is 0 Å². The van der Waals surface area contributed by atoms with Crippen molar-refractivity contribution in [1.29, 1.82) is 0 Å². The van der Waals surface area contributed by atoms with Gasteiger partial charge >= 0.3 is 0 Å². The van der Waals surface area contributed by atoms with Crippen molar-refractivity contribution in [2.75, 3.05) is 26.2 Å². The third-order valence-corrected chi connectivity index (χ3v) is 5.71. The summed E-state index contributed by atoms with van der Waals surface area (Å²) in [5.74, 6) is -0.245. The van der Waals surface area contributed by atoms with E-state index in [1.165, 1.54) is 12.1 Å². The molecule has 2 aromatic heterocycles. The minimum absolute atomic E-state index is 0.169. The molecule has 0 radical (unpaired) electrons. The number of pyridine rings is 1. The Balaban J connectivity index is 1.44. The van der Waals surface area contributed by atoms with Crippen LogP contribution < -0.4 is 0 Å². The Labute approximate surface area is 176 Å². The predicted molar refractivity (Wildman–Crippen MR) is 114 cm³/mol. The van der Waals surface area contributed by atoms with Gasteiger partial charge in [-0.1, -0.05) is 6.07 Å². The summed E-state index contributed by atoms with van der Waals surface area (Å²) in [7, 11) is 0. The monoisotopic (exact) mass is 409 g/mol. The van der Waals surface area contributed by atoms with E-state index >= 15 is 0 Å². The maximum absolute atomic E-state index is 13.3. The van der Waals surface area contributed by atoms with Crippen LogP contribution >= 0.6 is 0 Å². The Hall–Kier alpha value is -2.61. The van der Waals surface area contributed by atoms with Gasteiger partial charge in [0.25, 0.3) is 0 Å². The number of piperazine rings is 1. The third-order valence-electron chi connectivity index (χ3n) is 5.71. The fourth-order valence-corrected chi connectivity index (χ4v) is 4.17. The zero-order chi connectivity index (χ0) is 20.9. The molecule has 7 heteroatoms. The molecule has 1 aliphatic rings. The Bertz CT molecular complexity index is 958. The molecule has 6 nitrogen and oxygen atoms in total. The molecule has 1 fully saturated rings. The van der Waals surface area contributed by atoms with Crippen molar-refractivity contribution in [1.82, 2.24) is 25.0 Å². The second-order valence-corrected chi connectivity index (χ2v) is 7.92. The van der Waals surface area contributed by atoms with Gasteiger partial charge in [-0.2, -0.15) is 5.10 Å². The summed E-state index contributed by atoms with van der Waals surface area (Å²) in [6, 6.07) is 12.9. The average Bonchev–Trinajstić information content (AvgIpc) is 3.19. The number of aryl methyl sites for hydroxylation is 1. The van der Waals surface area contributed by atoms with Crippen molar-refractivity contribution in [2.45, 2.75) is 32.5 Å². The fraction of sp³-hybridized carbons (Fsp3) is 0.391. The highest BCUT2D eigenvalue weighted by atomic mass is 19.1. The number of H-pyrrole nitrogens is 1. The molecule has 2 N–H and O–H groups in total. The van der Waals surface area contributed by atoms with E-state index in [4.69, 9.17) is 0 Å². The van der Waals surface area contributed by atoms with Crippen LogP contribution in [0, 0.1) is 12.7 Å². The van der Waals surface area contributed by atoms with E-state index in [0.29, 0.717) is 0 Å². The first-order valence-corrected chi connectivity index (χ1v) is 10.4. The zero-order valence-electron chi connectivity index (χ0n) is 17.3. The molecule has 0 aliphatic carbocycles. The van der Waals surface area contributed by atoms with Gasteiger partial charge in [0.05, 0.1) is 17.6 Å². The molecule has 0 spiro atoms. The molecular weight excluding hydrogens is 381 g/mol. The zero-order valence-corrected chi connectivity index (χ0v) is 17.3. The van der Waals surface area contributed by atoms with Crippen molar-refractivity contribution in [3.63, 3.8) is 0 Å². The quantitative estimate of drug-likeness (QED) is 0.628. The van der Waals surface area contributed by atoms with Crippen molar-refractivity contribution in [3.05, 3.63) is 71.4 Å². The van der Waals surface area contributed by atoms with E-state index < -0.39 is 0 Å². The van der Waals surface area contributed by atoms with Gasteiger partial charge in [0.2, 0.25) is 0 Å². The van der Waals surface area contributed by atoms with Crippen LogP contribution in [0.3, 0.4) is 0 Å². The summed E-state index contributed by atoms with van der Waals surface area (Å²) in [5.41, 5.74) is 5.05. The molecule has 4 rings (SSSR count). The maximum atomic E-state index is 13.3. The first-order chi connectivity index (χ1) is 14.6. The molecule has 1 saturated heterocycles. The van der Waals surface area contributed by atoms with E-state index in [9.17, 15) is 9.50 Å². The minimum Gasteiger partial charge on any atom is -0.396 e. The third kappa shape index (κ3) is 4.92. The normalized spacial score (nSPS) is 18.0. The lowest BCUT2D eigenvalue weighted by molar-refractivity contribution is 0.0492.